The number of nitrogens with zero attached hydrogens (tertiary/aromatic N) is 1. The van der Waals surface area contributed by atoms with Crippen LogP contribution in [0.15, 0.2) is 42.0 Å². The maximum absolute atomic E-state index is 12.8. The smallest absolute Gasteiger partial charge is 0.410 e. The average molecular weight is 360 g/mol. The maximum Gasteiger partial charge on any atom is 0.410 e. The Kier molecular flexibility index (Phi) is 8.91. The third-order valence-electron chi connectivity index (χ3n) is 4.45. The van der Waals surface area contributed by atoms with Gasteiger partial charge in [-0.25, -0.2) is 4.79 Å². The first-order chi connectivity index (χ1) is 12.1. The third kappa shape index (κ3) is 8.55. The number of ether oxygens (including phenoxy) is 1. The predicted molar refractivity (Wildman–Crippen MR) is 110 cm³/mol. The van der Waals surface area contributed by atoms with Crippen LogP contribution in [0.1, 0.15) is 79.3 Å². The lowest BCUT2D eigenvalue weighted by Crippen LogP contribution is -2.39. The minimum absolute atomic E-state index is 0.00367. The van der Waals surface area contributed by atoms with Gasteiger partial charge in [-0.15, -0.1) is 0 Å². The van der Waals surface area contributed by atoms with Gasteiger partial charge in [0.05, 0.1) is 6.04 Å². The van der Waals surface area contributed by atoms with Gasteiger partial charge in [-0.3, -0.25) is 0 Å². The van der Waals surface area contributed by atoms with Crippen molar-refractivity contribution < 1.29 is 9.53 Å². The second kappa shape index (κ2) is 10.4. The lowest BCUT2D eigenvalue weighted by atomic mass is 9.99. The topological polar surface area (TPSA) is 29.5 Å². The number of rotatable bonds is 8. The molecule has 3 heteroatoms. The molecule has 146 valence electrons. The van der Waals surface area contributed by atoms with E-state index in [2.05, 4.69) is 45.9 Å². The minimum Gasteiger partial charge on any atom is -0.444 e. The van der Waals surface area contributed by atoms with Crippen LogP contribution >= 0.6 is 0 Å². The summed E-state index contributed by atoms with van der Waals surface area (Å²) in [6.45, 7) is 15.1. The van der Waals surface area contributed by atoms with Crippen molar-refractivity contribution in [1.29, 1.82) is 0 Å². The number of hydrogen-bond acceptors (Lipinski definition) is 2. The summed E-state index contributed by atoms with van der Waals surface area (Å²) in [7, 11) is 0. The molecule has 0 aliphatic rings. The molecular formula is C23H37NO2. The molecule has 0 radical (unpaired) electrons. The van der Waals surface area contributed by atoms with E-state index < -0.39 is 5.60 Å². The molecule has 1 amide bonds. The highest BCUT2D eigenvalue weighted by atomic mass is 16.6. The zero-order valence-electron chi connectivity index (χ0n) is 17.7. The molecule has 0 aliphatic heterocycles. The average Bonchev–Trinajstić information content (AvgIpc) is 2.53. The second-order valence-electron chi connectivity index (χ2n) is 8.51. The van der Waals surface area contributed by atoms with Crippen LogP contribution < -0.4 is 0 Å². The molecule has 26 heavy (non-hydrogen) atoms. The van der Waals surface area contributed by atoms with Crippen LogP contribution in [0.2, 0.25) is 0 Å². The number of carbonyl (C=O) groups is 1. The van der Waals surface area contributed by atoms with Gasteiger partial charge < -0.3 is 9.64 Å². The van der Waals surface area contributed by atoms with Gasteiger partial charge in [0.15, 0.2) is 0 Å². The number of allylic oxidation sites excluding steroid dienone is 2. The van der Waals surface area contributed by atoms with Crippen molar-refractivity contribution in [2.75, 3.05) is 6.54 Å². The Bertz CT molecular complexity index is 568. The number of benzene rings is 1. The van der Waals surface area contributed by atoms with Gasteiger partial charge in [-0.05, 0) is 72.3 Å². The van der Waals surface area contributed by atoms with E-state index >= 15 is 0 Å². The molecule has 1 rings (SSSR count). The highest BCUT2D eigenvalue weighted by molar-refractivity contribution is 5.68. The van der Waals surface area contributed by atoms with E-state index in [1.165, 1.54) is 5.57 Å². The van der Waals surface area contributed by atoms with Crippen molar-refractivity contribution in [2.45, 2.75) is 79.4 Å². The van der Waals surface area contributed by atoms with Gasteiger partial charge in [-0.2, -0.15) is 0 Å². The Labute approximate surface area is 160 Å². The first-order valence-electron chi connectivity index (χ1n) is 9.78. The predicted octanol–water partition coefficient (Wildman–Crippen LogP) is 6.76. The van der Waals surface area contributed by atoms with Gasteiger partial charge >= 0.3 is 6.09 Å². The van der Waals surface area contributed by atoms with Crippen molar-refractivity contribution in [1.82, 2.24) is 4.90 Å². The van der Waals surface area contributed by atoms with Gasteiger partial charge in [0, 0.05) is 6.54 Å². The third-order valence-corrected chi connectivity index (χ3v) is 4.45. The minimum atomic E-state index is -0.485. The fourth-order valence-corrected chi connectivity index (χ4v) is 2.84. The molecule has 1 aromatic rings. The van der Waals surface area contributed by atoms with Crippen molar-refractivity contribution in [3.8, 4) is 0 Å². The fourth-order valence-electron chi connectivity index (χ4n) is 2.84. The van der Waals surface area contributed by atoms with Gasteiger partial charge in [0.2, 0.25) is 0 Å². The van der Waals surface area contributed by atoms with E-state index in [-0.39, 0.29) is 12.1 Å². The normalized spacial score (nSPS) is 13.7. The summed E-state index contributed by atoms with van der Waals surface area (Å²) < 4.78 is 5.66. The van der Waals surface area contributed by atoms with Crippen LogP contribution in [0.25, 0.3) is 0 Å². The Morgan fingerprint density at radius 3 is 2.27 bits per heavy atom. The summed E-state index contributed by atoms with van der Waals surface area (Å²) in [5.41, 5.74) is 2.02. The summed E-state index contributed by atoms with van der Waals surface area (Å²) in [5, 5.41) is 0. The Balaban J connectivity index is 2.77. The molecule has 0 N–H and O–H groups in total. The monoisotopic (exact) mass is 359 g/mol. The van der Waals surface area contributed by atoms with E-state index in [4.69, 9.17) is 4.74 Å². The molecule has 0 heterocycles. The summed E-state index contributed by atoms with van der Waals surface area (Å²) in [5.74, 6) is 0.568. The molecule has 0 spiro atoms. The van der Waals surface area contributed by atoms with Crippen molar-refractivity contribution in [3.05, 3.63) is 47.5 Å². The van der Waals surface area contributed by atoms with E-state index in [1.54, 1.807) is 0 Å². The van der Waals surface area contributed by atoms with Crippen molar-refractivity contribution >= 4 is 6.09 Å². The molecular weight excluding hydrogens is 322 g/mol. The molecule has 0 saturated carbocycles. The van der Waals surface area contributed by atoms with E-state index in [9.17, 15) is 4.79 Å². The van der Waals surface area contributed by atoms with Gasteiger partial charge in [0.1, 0.15) is 5.60 Å². The Morgan fingerprint density at radius 1 is 1.12 bits per heavy atom. The van der Waals surface area contributed by atoms with E-state index in [0.29, 0.717) is 12.5 Å². The molecule has 3 nitrogen and oxygen atoms in total. The fraction of sp³-hybridized carbons (Fsp3) is 0.609. The molecule has 2 atom stereocenters. The quantitative estimate of drug-likeness (QED) is 0.480. The van der Waals surface area contributed by atoms with Crippen molar-refractivity contribution in [2.24, 2.45) is 5.92 Å². The molecule has 0 unspecified atom stereocenters. The van der Waals surface area contributed by atoms with Crippen LogP contribution in [0.5, 0.6) is 0 Å². The van der Waals surface area contributed by atoms with Crippen LogP contribution in [0, 0.1) is 5.92 Å². The molecule has 1 aromatic carbocycles. The van der Waals surface area contributed by atoms with Crippen LogP contribution in [-0.2, 0) is 4.74 Å². The maximum atomic E-state index is 12.8. The molecule has 0 saturated heterocycles. The summed E-state index contributed by atoms with van der Waals surface area (Å²) >= 11 is 0. The Morgan fingerprint density at radius 2 is 1.73 bits per heavy atom. The Hall–Kier alpha value is -1.77. The van der Waals surface area contributed by atoms with Gasteiger partial charge in [0.25, 0.3) is 0 Å². The second-order valence-corrected chi connectivity index (χ2v) is 8.51. The molecule has 0 bridgehead atoms. The number of carbonyl (C=O) groups excluding carboxylic acids is 1. The first kappa shape index (κ1) is 22.3. The lowest BCUT2D eigenvalue weighted by Gasteiger charge is -2.32. The standard InChI is InChI=1S/C23H37NO2/c1-18(2)12-11-13-19(3)16-17-24(22(25)26-23(5,6)7)20(4)21-14-9-8-10-15-21/h8-10,12,14-15,19-20H,11,13,16-17H2,1-7H3/t19-,20-/m0/s1. The summed E-state index contributed by atoms with van der Waals surface area (Å²) in [6.07, 6.45) is 5.28. The molecule has 0 fully saturated rings. The first-order valence-corrected chi connectivity index (χ1v) is 9.78. The SMILES string of the molecule is CC(C)=CCC[C@H](C)CCN(C(=O)OC(C)(C)C)[C@@H](C)c1ccccc1. The number of hydrogen-bond donors (Lipinski definition) is 0. The molecule has 0 aliphatic carbocycles. The highest BCUT2D eigenvalue weighted by Gasteiger charge is 2.27. The molecule has 0 aromatic heterocycles. The van der Waals surface area contributed by atoms with E-state index in [0.717, 1.165) is 24.8 Å². The van der Waals surface area contributed by atoms with Crippen LogP contribution in [0.3, 0.4) is 0 Å². The van der Waals surface area contributed by atoms with Crippen LogP contribution in [0.4, 0.5) is 4.79 Å². The summed E-state index contributed by atoms with van der Waals surface area (Å²) in [4.78, 5) is 14.7. The van der Waals surface area contributed by atoms with Gasteiger partial charge in [-0.1, -0.05) is 48.9 Å². The largest absolute Gasteiger partial charge is 0.444 e. The van der Waals surface area contributed by atoms with E-state index in [1.807, 2.05) is 43.9 Å². The van der Waals surface area contributed by atoms with Crippen LogP contribution in [-0.4, -0.2) is 23.1 Å². The highest BCUT2D eigenvalue weighted by Crippen LogP contribution is 2.24. The van der Waals surface area contributed by atoms with Crippen molar-refractivity contribution in [3.63, 3.8) is 0 Å². The lowest BCUT2D eigenvalue weighted by molar-refractivity contribution is 0.0162. The zero-order chi connectivity index (χ0) is 19.7. The number of amides is 1. The summed E-state index contributed by atoms with van der Waals surface area (Å²) in [6, 6.07) is 10.2. The zero-order valence-corrected chi connectivity index (χ0v) is 17.7.